The van der Waals surface area contributed by atoms with Gasteiger partial charge in [0.15, 0.2) is 0 Å². The third-order valence-corrected chi connectivity index (χ3v) is 9.93. The topological polar surface area (TPSA) is 118 Å². The second-order valence-corrected chi connectivity index (χ2v) is 13.5. The Kier molecular flexibility index (Phi) is 16.6. The van der Waals surface area contributed by atoms with E-state index in [1.54, 1.807) is 0 Å². The fraction of sp³-hybridized carbons (Fsp3) is 0.575. The van der Waals surface area contributed by atoms with E-state index in [-0.39, 0.29) is 34.8 Å². The van der Waals surface area contributed by atoms with Crippen LogP contribution in [0.3, 0.4) is 0 Å². The first-order valence-corrected chi connectivity index (χ1v) is 19.2. The molecule has 0 aliphatic carbocycles. The number of nitrogens with one attached hydrogen (secondary N) is 5. The molecule has 10 heteroatoms. The van der Waals surface area contributed by atoms with E-state index in [1.165, 1.54) is 38.5 Å². The highest BCUT2D eigenvalue weighted by Gasteiger charge is 2.32. The molecule has 10 nitrogen and oxygen atoms in total. The molecule has 280 valence electrons. The zero-order valence-corrected chi connectivity index (χ0v) is 30.8. The number of likely N-dealkylation sites (N-methyl/N-ethyl adjacent to an activating group) is 1. The number of fused-ring (bicyclic) bond motifs is 4. The lowest BCUT2D eigenvalue weighted by atomic mass is 9.95. The van der Waals surface area contributed by atoms with Crippen LogP contribution in [0, 0.1) is 5.92 Å². The summed E-state index contributed by atoms with van der Waals surface area (Å²) < 4.78 is 0. The molecular formula is C40H67N7O3. The van der Waals surface area contributed by atoms with Gasteiger partial charge in [-0.25, -0.2) is 0 Å². The molecule has 50 heavy (non-hydrogen) atoms. The van der Waals surface area contributed by atoms with Crippen LogP contribution in [0.15, 0.2) is 48.5 Å². The number of hydrogen-bond donors (Lipinski definition) is 5. The summed E-state index contributed by atoms with van der Waals surface area (Å²) in [5.74, 6) is 0.813. The minimum absolute atomic E-state index is 0. The molecule has 0 radical (unpaired) electrons. The SMILES string of the molecule is CCNCCNC(=O)CCC(=O)N1Cc2ccccc2C2=C(c3ccccc31)N(CCCCCC(=O)NCCCCCCC(CC)CC)NN2.[HH].[HH].[HH]. The predicted molar refractivity (Wildman–Crippen MR) is 210 cm³/mol. The first-order chi connectivity index (χ1) is 24.5. The van der Waals surface area contributed by atoms with Crippen molar-refractivity contribution >= 4 is 34.8 Å². The van der Waals surface area contributed by atoms with Crippen molar-refractivity contribution in [3.63, 3.8) is 0 Å². The molecule has 0 saturated heterocycles. The third kappa shape index (κ3) is 11.6. The molecular weight excluding hydrogens is 626 g/mol. The summed E-state index contributed by atoms with van der Waals surface area (Å²) >= 11 is 0. The van der Waals surface area contributed by atoms with Crippen LogP contribution in [-0.4, -0.2) is 55.5 Å². The van der Waals surface area contributed by atoms with Gasteiger partial charge in [0.2, 0.25) is 17.7 Å². The van der Waals surface area contributed by atoms with Gasteiger partial charge >= 0.3 is 0 Å². The number of rotatable bonds is 22. The number of hydrazine groups is 2. The Morgan fingerprint density at radius 2 is 1.46 bits per heavy atom. The highest BCUT2D eigenvalue weighted by Crippen LogP contribution is 2.40. The molecule has 0 spiro atoms. The second-order valence-electron chi connectivity index (χ2n) is 13.5. The van der Waals surface area contributed by atoms with Crippen LogP contribution in [0.4, 0.5) is 5.69 Å². The Hall–Kier alpha value is -3.89. The summed E-state index contributed by atoms with van der Waals surface area (Å²) in [7, 11) is 0. The van der Waals surface area contributed by atoms with E-state index in [1.807, 2.05) is 42.2 Å². The second kappa shape index (κ2) is 21.4. The fourth-order valence-electron chi connectivity index (χ4n) is 6.87. The molecule has 2 heterocycles. The lowest BCUT2D eigenvalue weighted by molar-refractivity contribution is -0.125. The van der Waals surface area contributed by atoms with Crippen molar-refractivity contribution in [1.29, 1.82) is 0 Å². The average molecular weight is 694 g/mol. The van der Waals surface area contributed by atoms with Crippen molar-refractivity contribution < 1.29 is 18.7 Å². The van der Waals surface area contributed by atoms with Crippen LogP contribution in [0.5, 0.6) is 0 Å². The van der Waals surface area contributed by atoms with E-state index in [2.05, 4.69) is 64.0 Å². The lowest BCUT2D eigenvalue weighted by Gasteiger charge is -2.31. The standard InChI is InChI=1S/C40H61N7O3.3H2/c1-4-31(5-2)18-10-7-8-16-26-42-36(48)23-11-9-17-29-47-40-34-21-14-15-22-35(34)46(38(50)25-24-37(49)43-28-27-41-6-3)30-32-19-12-13-20-33(32)39(40)44-45-47;;;/h12-15,19-22,31,41,44-45H,4-11,16-18,23-30H2,1-3H3,(H,42,48)(H,43,49);3*1H. The summed E-state index contributed by atoms with van der Waals surface area (Å²) in [6.45, 7) is 10.6. The van der Waals surface area contributed by atoms with Crippen molar-refractivity contribution in [1.82, 2.24) is 31.9 Å². The zero-order valence-electron chi connectivity index (χ0n) is 30.8. The number of nitrogens with zero attached hydrogens (tertiary/aromatic N) is 2. The molecule has 0 aromatic heterocycles. The number of benzene rings is 2. The summed E-state index contributed by atoms with van der Waals surface area (Å²) in [4.78, 5) is 40.6. The van der Waals surface area contributed by atoms with Gasteiger partial charge < -0.3 is 26.3 Å². The van der Waals surface area contributed by atoms with Gasteiger partial charge in [-0.15, -0.1) is 5.53 Å². The molecule has 4 rings (SSSR count). The van der Waals surface area contributed by atoms with Crippen molar-refractivity contribution in [3.8, 4) is 0 Å². The van der Waals surface area contributed by atoms with Gasteiger partial charge in [0, 0.05) is 60.8 Å². The van der Waals surface area contributed by atoms with E-state index >= 15 is 0 Å². The average Bonchev–Trinajstić information content (AvgIpc) is 3.54. The predicted octanol–water partition coefficient (Wildman–Crippen LogP) is 6.99. The van der Waals surface area contributed by atoms with Gasteiger partial charge in [-0.05, 0) is 43.4 Å². The van der Waals surface area contributed by atoms with E-state index in [0.717, 1.165) is 85.0 Å². The Balaban J connectivity index is 0.00000468. The van der Waals surface area contributed by atoms with Crippen LogP contribution in [0.2, 0.25) is 0 Å². The number of unbranched alkanes of at least 4 members (excludes halogenated alkanes) is 5. The molecule has 2 aliphatic rings. The van der Waals surface area contributed by atoms with Crippen LogP contribution in [-0.2, 0) is 20.9 Å². The highest BCUT2D eigenvalue weighted by molar-refractivity contribution is 6.02. The monoisotopic (exact) mass is 694 g/mol. The number of carbonyl (C=O) groups is 3. The molecule has 2 aliphatic heterocycles. The molecule has 2 aromatic rings. The lowest BCUT2D eigenvalue weighted by Crippen LogP contribution is -2.38. The number of carbonyl (C=O) groups excluding carboxylic acids is 3. The smallest absolute Gasteiger partial charge is 0.227 e. The maximum Gasteiger partial charge on any atom is 0.227 e. The van der Waals surface area contributed by atoms with Crippen molar-refractivity contribution in [2.24, 2.45) is 5.92 Å². The van der Waals surface area contributed by atoms with Crippen LogP contribution in [0.25, 0.3) is 11.4 Å². The summed E-state index contributed by atoms with van der Waals surface area (Å²) in [5.41, 5.74) is 12.6. The number of anilines is 1. The number of hydrogen-bond acceptors (Lipinski definition) is 7. The molecule has 0 atom stereocenters. The molecule has 0 fully saturated rings. The van der Waals surface area contributed by atoms with E-state index in [9.17, 15) is 14.4 Å². The van der Waals surface area contributed by atoms with Crippen LogP contribution >= 0.6 is 0 Å². The number of amides is 3. The number of para-hydroxylation sites is 1. The Morgan fingerprint density at radius 1 is 0.760 bits per heavy atom. The van der Waals surface area contributed by atoms with E-state index in [0.29, 0.717) is 26.1 Å². The zero-order chi connectivity index (χ0) is 35.6. The van der Waals surface area contributed by atoms with E-state index < -0.39 is 0 Å². The minimum atomic E-state index is -0.118. The summed E-state index contributed by atoms with van der Waals surface area (Å²) in [6.07, 6.45) is 12.2. The molecule has 0 bridgehead atoms. The van der Waals surface area contributed by atoms with E-state index in [4.69, 9.17) is 0 Å². The van der Waals surface area contributed by atoms with Gasteiger partial charge in [0.05, 0.1) is 23.6 Å². The quantitative estimate of drug-likeness (QED) is 0.0844. The van der Waals surface area contributed by atoms with Gasteiger partial charge in [-0.2, -0.15) is 0 Å². The first-order valence-electron chi connectivity index (χ1n) is 19.2. The van der Waals surface area contributed by atoms with Crippen LogP contribution in [0.1, 0.15) is 125 Å². The van der Waals surface area contributed by atoms with Crippen LogP contribution < -0.4 is 31.8 Å². The first kappa shape index (κ1) is 38.9. The summed E-state index contributed by atoms with van der Waals surface area (Å²) in [6, 6.07) is 16.2. The summed E-state index contributed by atoms with van der Waals surface area (Å²) in [5, 5.41) is 11.3. The van der Waals surface area contributed by atoms with Gasteiger partial charge in [0.1, 0.15) is 0 Å². The Bertz CT molecular complexity index is 1420. The molecule has 0 unspecified atom stereocenters. The largest absolute Gasteiger partial charge is 0.356 e. The Labute approximate surface area is 304 Å². The molecule has 3 amide bonds. The molecule has 0 saturated carbocycles. The van der Waals surface area contributed by atoms with Gasteiger partial charge in [-0.3, -0.25) is 19.4 Å². The molecule has 5 N–H and O–H groups in total. The van der Waals surface area contributed by atoms with Crippen molar-refractivity contribution in [2.45, 2.75) is 111 Å². The maximum atomic E-state index is 13.8. The normalized spacial score (nSPS) is 13.7. The van der Waals surface area contributed by atoms with Crippen molar-refractivity contribution in [3.05, 3.63) is 65.2 Å². The maximum absolute atomic E-state index is 13.8. The van der Waals surface area contributed by atoms with Crippen molar-refractivity contribution in [2.75, 3.05) is 37.6 Å². The van der Waals surface area contributed by atoms with Gasteiger partial charge in [0.25, 0.3) is 0 Å². The third-order valence-electron chi connectivity index (χ3n) is 9.93. The fourth-order valence-corrected chi connectivity index (χ4v) is 6.87. The Morgan fingerprint density at radius 3 is 2.26 bits per heavy atom. The molecule has 2 aromatic carbocycles. The van der Waals surface area contributed by atoms with Gasteiger partial charge in [-0.1, -0.05) is 108 Å². The highest BCUT2D eigenvalue weighted by atomic mass is 16.2. The minimum Gasteiger partial charge on any atom is -0.356 e.